The van der Waals surface area contributed by atoms with E-state index in [-0.39, 0.29) is 17.6 Å². The molecule has 2 fully saturated rings. The van der Waals surface area contributed by atoms with E-state index >= 15 is 0 Å². The van der Waals surface area contributed by atoms with Gasteiger partial charge in [0, 0.05) is 24.4 Å². The predicted molar refractivity (Wildman–Crippen MR) is 91.8 cm³/mol. The number of nitrogens with one attached hydrogen (secondary N) is 1. The minimum absolute atomic E-state index is 0.0288. The first kappa shape index (κ1) is 15.0. The highest BCUT2D eigenvalue weighted by molar-refractivity contribution is 5.44. The molecule has 3 heterocycles. The molecular weight excluding hydrogens is 318 g/mol. The molecule has 25 heavy (non-hydrogen) atoms. The van der Waals surface area contributed by atoms with Crippen LogP contribution in [0.15, 0.2) is 23.3 Å². The van der Waals surface area contributed by atoms with Gasteiger partial charge in [0.15, 0.2) is 0 Å². The fourth-order valence-corrected chi connectivity index (χ4v) is 3.87. The van der Waals surface area contributed by atoms with Gasteiger partial charge in [-0.3, -0.25) is 9.78 Å². The van der Waals surface area contributed by atoms with E-state index in [0.29, 0.717) is 19.1 Å². The Morgan fingerprint density at radius 3 is 2.92 bits per heavy atom. The highest BCUT2D eigenvalue weighted by Gasteiger charge is 2.35. The topological polar surface area (TPSA) is 81.9 Å². The molecule has 1 aliphatic heterocycles. The van der Waals surface area contributed by atoms with Crippen molar-refractivity contribution >= 4 is 5.82 Å². The van der Waals surface area contributed by atoms with Crippen molar-refractivity contribution in [3.63, 3.8) is 0 Å². The van der Waals surface area contributed by atoms with E-state index in [2.05, 4.69) is 20.4 Å². The van der Waals surface area contributed by atoms with Crippen molar-refractivity contribution in [3.8, 4) is 0 Å². The number of ether oxygens (including phenoxy) is 1. The van der Waals surface area contributed by atoms with E-state index in [1.54, 1.807) is 23.1 Å². The third kappa shape index (κ3) is 2.72. The van der Waals surface area contributed by atoms with Gasteiger partial charge in [-0.2, -0.15) is 5.10 Å². The van der Waals surface area contributed by atoms with Crippen molar-refractivity contribution in [1.29, 1.82) is 0 Å². The first-order valence-corrected chi connectivity index (χ1v) is 9.06. The van der Waals surface area contributed by atoms with Gasteiger partial charge < -0.3 is 10.1 Å². The van der Waals surface area contributed by atoms with E-state index in [0.717, 1.165) is 42.0 Å². The molecule has 3 aliphatic rings. The van der Waals surface area contributed by atoms with Crippen molar-refractivity contribution < 1.29 is 4.74 Å². The smallest absolute Gasteiger partial charge is 0.267 e. The van der Waals surface area contributed by atoms with Gasteiger partial charge >= 0.3 is 0 Å². The summed E-state index contributed by atoms with van der Waals surface area (Å²) < 4.78 is 7.29. The van der Waals surface area contributed by atoms with Crippen LogP contribution in [0.5, 0.6) is 0 Å². The van der Waals surface area contributed by atoms with Crippen molar-refractivity contribution in [3.05, 3.63) is 45.8 Å². The zero-order valence-electron chi connectivity index (χ0n) is 14.0. The summed E-state index contributed by atoms with van der Waals surface area (Å²) in [7, 11) is 0. The Morgan fingerprint density at radius 2 is 2.04 bits per heavy atom. The number of anilines is 1. The lowest BCUT2D eigenvalue weighted by Gasteiger charge is -2.22. The van der Waals surface area contributed by atoms with Gasteiger partial charge in [0.1, 0.15) is 11.9 Å². The van der Waals surface area contributed by atoms with Crippen LogP contribution in [0.1, 0.15) is 48.2 Å². The van der Waals surface area contributed by atoms with Crippen molar-refractivity contribution in [2.75, 3.05) is 18.5 Å². The molecule has 7 nitrogen and oxygen atoms in total. The third-order valence-corrected chi connectivity index (χ3v) is 5.36. The van der Waals surface area contributed by atoms with Gasteiger partial charge in [-0.1, -0.05) is 0 Å². The second-order valence-corrected chi connectivity index (χ2v) is 7.17. The zero-order chi connectivity index (χ0) is 16.8. The molecule has 2 aromatic heterocycles. The van der Waals surface area contributed by atoms with Gasteiger partial charge in [-0.05, 0) is 37.7 Å². The van der Waals surface area contributed by atoms with Crippen molar-refractivity contribution in [1.82, 2.24) is 19.7 Å². The van der Waals surface area contributed by atoms with Gasteiger partial charge in [-0.25, -0.2) is 9.67 Å². The highest BCUT2D eigenvalue weighted by Crippen LogP contribution is 2.41. The highest BCUT2D eigenvalue weighted by atomic mass is 16.5. The van der Waals surface area contributed by atoms with Gasteiger partial charge in [0.05, 0.1) is 30.6 Å². The number of nitrogens with zero attached hydrogens (tertiary/aromatic N) is 4. The molecule has 0 radical (unpaired) electrons. The maximum Gasteiger partial charge on any atom is 0.267 e. The maximum atomic E-state index is 12.5. The molecule has 1 saturated carbocycles. The summed E-state index contributed by atoms with van der Waals surface area (Å²) in [5.74, 6) is 1.33. The van der Waals surface area contributed by atoms with Gasteiger partial charge in [0.25, 0.3) is 5.56 Å². The van der Waals surface area contributed by atoms with Crippen LogP contribution in [0.4, 0.5) is 5.82 Å². The third-order valence-electron chi connectivity index (χ3n) is 5.36. The monoisotopic (exact) mass is 339 g/mol. The molecule has 1 saturated heterocycles. The van der Waals surface area contributed by atoms with E-state index in [9.17, 15) is 4.79 Å². The summed E-state index contributed by atoms with van der Waals surface area (Å²) in [5, 5.41) is 8.12. The lowest BCUT2D eigenvalue weighted by atomic mass is 10.1. The summed E-state index contributed by atoms with van der Waals surface area (Å²) in [6.45, 7) is 1.03. The van der Waals surface area contributed by atoms with Crippen LogP contribution in [0.25, 0.3) is 0 Å². The molecule has 0 aromatic carbocycles. The molecule has 1 N–H and O–H groups in total. The van der Waals surface area contributed by atoms with Crippen molar-refractivity contribution in [2.45, 2.75) is 50.1 Å². The number of hydrogen-bond donors (Lipinski definition) is 1. The number of rotatable bonds is 4. The second-order valence-electron chi connectivity index (χ2n) is 7.17. The standard InChI is InChI=1S/C18H21N5O2/c24-16-8-12-2-1-3-13(12)22-23(16)15-10-25-9-14(15)21-18-17(11-4-5-11)19-6-7-20-18/h6-8,11,14-15H,1-5,9-10H2,(H,20,21). The first-order valence-electron chi connectivity index (χ1n) is 9.06. The Labute approximate surface area is 145 Å². The Morgan fingerprint density at radius 1 is 1.16 bits per heavy atom. The van der Waals surface area contributed by atoms with Crippen LogP contribution in [-0.2, 0) is 17.6 Å². The van der Waals surface area contributed by atoms with Crippen LogP contribution in [0.2, 0.25) is 0 Å². The summed E-state index contributed by atoms with van der Waals surface area (Å²) in [4.78, 5) is 21.5. The zero-order valence-corrected chi connectivity index (χ0v) is 14.0. The largest absolute Gasteiger partial charge is 0.377 e. The summed E-state index contributed by atoms with van der Waals surface area (Å²) in [6, 6.07) is 1.61. The minimum atomic E-state index is -0.118. The van der Waals surface area contributed by atoms with Crippen LogP contribution in [0, 0.1) is 0 Å². The fourth-order valence-electron chi connectivity index (χ4n) is 3.87. The minimum Gasteiger partial charge on any atom is -0.377 e. The predicted octanol–water partition coefficient (Wildman–Crippen LogP) is 1.45. The van der Waals surface area contributed by atoms with Gasteiger partial charge in [0.2, 0.25) is 0 Å². The average molecular weight is 339 g/mol. The Bertz CT molecular complexity index is 861. The number of aryl methyl sites for hydroxylation is 2. The van der Waals surface area contributed by atoms with Crippen LogP contribution < -0.4 is 10.9 Å². The molecule has 130 valence electrons. The average Bonchev–Trinajstić information content (AvgIpc) is 3.20. The lowest BCUT2D eigenvalue weighted by molar-refractivity contribution is 0.182. The molecule has 0 spiro atoms. The summed E-state index contributed by atoms with van der Waals surface area (Å²) >= 11 is 0. The second kappa shape index (κ2) is 5.91. The van der Waals surface area contributed by atoms with Gasteiger partial charge in [-0.15, -0.1) is 0 Å². The molecule has 2 unspecified atom stereocenters. The molecule has 2 aromatic rings. The molecule has 2 aliphatic carbocycles. The van der Waals surface area contributed by atoms with E-state index in [4.69, 9.17) is 4.74 Å². The normalized spacial score (nSPS) is 25.1. The van der Waals surface area contributed by atoms with E-state index in [1.165, 1.54) is 12.8 Å². The molecule has 2 atom stereocenters. The molecule has 0 bridgehead atoms. The summed E-state index contributed by atoms with van der Waals surface area (Å²) in [6.07, 6.45) is 8.79. The first-order chi connectivity index (χ1) is 12.3. The number of hydrogen-bond acceptors (Lipinski definition) is 6. The van der Waals surface area contributed by atoms with Crippen molar-refractivity contribution in [2.24, 2.45) is 0 Å². The number of aromatic nitrogens is 4. The molecule has 5 rings (SSSR count). The molecular formula is C18H21N5O2. The summed E-state index contributed by atoms with van der Waals surface area (Å²) in [5.41, 5.74) is 3.16. The molecule has 0 amide bonds. The Hall–Kier alpha value is -2.28. The van der Waals surface area contributed by atoms with Crippen LogP contribution in [-0.4, -0.2) is 39.0 Å². The SMILES string of the molecule is O=c1cc2c(nn1C1COCC1Nc1nccnc1C1CC1)CCC2. The number of fused-ring (bicyclic) bond motifs is 1. The Balaban J connectivity index is 1.44. The van der Waals surface area contributed by atoms with Crippen LogP contribution >= 0.6 is 0 Å². The Kier molecular flexibility index (Phi) is 3.55. The maximum absolute atomic E-state index is 12.5. The lowest BCUT2D eigenvalue weighted by Crippen LogP contribution is -2.38. The van der Waals surface area contributed by atoms with E-state index in [1.807, 2.05) is 0 Å². The molecule has 7 heteroatoms. The van der Waals surface area contributed by atoms with E-state index < -0.39 is 0 Å². The quantitative estimate of drug-likeness (QED) is 0.908. The fraction of sp³-hybridized carbons (Fsp3) is 0.556. The van der Waals surface area contributed by atoms with Crippen LogP contribution in [0.3, 0.4) is 0 Å².